The van der Waals surface area contributed by atoms with Crippen molar-refractivity contribution in [3.8, 4) is 0 Å². The van der Waals surface area contributed by atoms with Crippen molar-refractivity contribution in [2.45, 2.75) is 39.5 Å². The normalized spacial score (nSPS) is 31.9. The first-order chi connectivity index (χ1) is 9.72. The summed E-state index contributed by atoms with van der Waals surface area (Å²) in [5.74, 6) is 3.35. The molecular formula is C20H26Br2Zr. The van der Waals surface area contributed by atoms with Gasteiger partial charge in [-0.05, 0) is 24.7 Å². The molecule has 0 aromatic heterocycles. The minimum absolute atomic E-state index is 0. The van der Waals surface area contributed by atoms with Crippen LogP contribution in [0.3, 0.4) is 0 Å². The molecule has 124 valence electrons. The van der Waals surface area contributed by atoms with Crippen molar-refractivity contribution in [1.82, 2.24) is 0 Å². The minimum atomic E-state index is 0. The first kappa shape index (κ1) is 23.5. The molecule has 0 aromatic carbocycles. The van der Waals surface area contributed by atoms with E-state index >= 15 is 0 Å². The van der Waals surface area contributed by atoms with Crippen molar-refractivity contribution in [2.75, 3.05) is 0 Å². The molecule has 0 aliphatic heterocycles. The van der Waals surface area contributed by atoms with Crippen LogP contribution in [0.15, 0.2) is 47.6 Å². The monoisotopic (exact) mass is 514 g/mol. The van der Waals surface area contributed by atoms with E-state index in [2.05, 4.69) is 63.1 Å². The van der Waals surface area contributed by atoms with Gasteiger partial charge in [0.25, 0.3) is 0 Å². The molecule has 0 aromatic rings. The molecule has 2 fully saturated rings. The number of allylic oxidation sites excluding steroid dienone is 8. The van der Waals surface area contributed by atoms with Gasteiger partial charge in [0.2, 0.25) is 0 Å². The second-order valence-corrected chi connectivity index (χ2v) is 6.81. The van der Waals surface area contributed by atoms with E-state index in [0.29, 0.717) is 0 Å². The summed E-state index contributed by atoms with van der Waals surface area (Å²) >= 11 is 0. The van der Waals surface area contributed by atoms with Crippen LogP contribution in [-0.2, 0) is 26.2 Å². The van der Waals surface area contributed by atoms with Gasteiger partial charge >= 0.3 is 26.2 Å². The van der Waals surface area contributed by atoms with Gasteiger partial charge in [-0.1, -0.05) is 38.5 Å². The molecule has 0 saturated heterocycles. The average Bonchev–Trinajstić information content (AvgIpc) is 2.99. The molecule has 4 unspecified atom stereocenters. The molecule has 0 amide bonds. The Labute approximate surface area is 182 Å². The van der Waals surface area contributed by atoms with Crippen LogP contribution in [0.2, 0.25) is 0 Å². The van der Waals surface area contributed by atoms with Gasteiger partial charge in [-0.15, -0.1) is 24.3 Å². The third kappa shape index (κ3) is 6.40. The van der Waals surface area contributed by atoms with E-state index in [1.807, 2.05) is 0 Å². The maximum atomic E-state index is 2.41. The summed E-state index contributed by atoms with van der Waals surface area (Å²) < 4.78 is 0. The molecule has 4 aliphatic carbocycles. The largest absolute Gasteiger partial charge is 4.00 e. The third-order valence-electron chi connectivity index (χ3n) is 4.90. The Morgan fingerprint density at radius 3 is 1.52 bits per heavy atom. The van der Waals surface area contributed by atoms with Gasteiger partial charge in [0.1, 0.15) is 0 Å². The quantitative estimate of drug-likeness (QED) is 0.380. The standard InChI is InChI=1S/2C10H13.2BrH.Zr/c2*1-8-6-9-4-2-3-5-10(9)7-8;;;/h2*2-4,6,8,10H,5,7H2,1H3;2*1H;/q2*-1;;;+4/p-2. The topological polar surface area (TPSA) is 0 Å². The van der Waals surface area contributed by atoms with Gasteiger partial charge < -0.3 is 34.0 Å². The average molecular weight is 517 g/mol. The Hall–Kier alpha value is 0.543. The van der Waals surface area contributed by atoms with Crippen LogP contribution >= 0.6 is 0 Å². The molecule has 4 rings (SSSR count). The summed E-state index contributed by atoms with van der Waals surface area (Å²) in [7, 11) is 0. The molecule has 0 N–H and O–H groups in total. The Kier molecular flexibility index (Phi) is 11.5. The van der Waals surface area contributed by atoms with Crippen LogP contribution in [0.25, 0.3) is 0 Å². The number of hydrogen-bond donors (Lipinski definition) is 0. The van der Waals surface area contributed by atoms with Gasteiger partial charge in [-0.3, -0.25) is 0 Å². The van der Waals surface area contributed by atoms with Gasteiger partial charge in [-0.2, -0.15) is 0 Å². The smallest absolute Gasteiger partial charge is 1.00 e. The molecule has 0 nitrogen and oxygen atoms in total. The van der Waals surface area contributed by atoms with Crippen molar-refractivity contribution in [2.24, 2.45) is 23.7 Å². The third-order valence-corrected chi connectivity index (χ3v) is 4.90. The van der Waals surface area contributed by atoms with E-state index in [4.69, 9.17) is 0 Å². The maximum Gasteiger partial charge on any atom is 4.00 e. The van der Waals surface area contributed by atoms with E-state index < -0.39 is 0 Å². The van der Waals surface area contributed by atoms with Crippen molar-refractivity contribution < 1.29 is 60.2 Å². The Bertz CT molecular complexity index is 432. The van der Waals surface area contributed by atoms with E-state index in [1.54, 1.807) is 11.1 Å². The molecule has 4 aliphatic rings. The summed E-state index contributed by atoms with van der Waals surface area (Å²) in [6.45, 7) is 4.61. The molecule has 2 saturated carbocycles. The van der Waals surface area contributed by atoms with Gasteiger partial charge in [0.15, 0.2) is 0 Å². The first-order valence-electron chi connectivity index (χ1n) is 8.15. The SMILES string of the molecule is CC1[CH-]C2=CC=CCC2C1.CC1[CH-]C2=CC=CCC2C1.[Br-].[Br-].[Zr+4]. The fraction of sp³-hybridized carbons (Fsp3) is 0.500. The van der Waals surface area contributed by atoms with E-state index in [1.165, 1.54) is 25.7 Å². The van der Waals surface area contributed by atoms with Crippen LogP contribution in [0.1, 0.15) is 39.5 Å². The van der Waals surface area contributed by atoms with Crippen LogP contribution in [0.5, 0.6) is 0 Å². The Balaban J connectivity index is 0.000000372. The molecule has 0 bridgehead atoms. The van der Waals surface area contributed by atoms with E-state index in [-0.39, 0.29) is 60.2 Å². The molecule has 3 heteroatoms. The second kappa shape index (κ2) is 11.2. The predicted molar refractivity (Wildman–Crippen MR) is 86.8 cm³/mol. The summed E-state index contributed by atoms with van der Waals surface area (Å²) in [6, 6.07) is 0. The molecule has 23 heavy (non-hydrogen) atoms. The first-order valence-corrected chi connectivity index (χ1v) is 8.15. The number of hydrogen-bond acceptors (Lipinski definition) is 0. The van der Waals surface area contributed by atoms with Crippen molar-refractivity contribution in [3.63, 3.8) is 0 Å². The predicted octanol–water partition coefficient (Wildman–Crippen LogP) is -0.529. The van der Waals surface area contributed by atoms with Crippen LogP contribution < -0.4 is 34.0 Å². The number of rotatable bonds is 0. The van der Waals surface area contributed by atoms with E-state index in [0.717, 1.165) is 23.7 Å². The Morgan fingerprint density at radius 2 is 1.17 bits per heavy atom. The maximum absolute atomic E-state index is 2.41. The zero-order valence-corrected chi connectivity index (χ0v) is 19.6. The van der Waals surface area contributed by atoms with Crippen LogP contribution in [0.4, 0.5) is 0 Å². The molecule has 0 heterocycles. The van der Waals surface area contributed by atoms with Crippen molar-refractivity contribution >= 4 is 0 Å². The summed E-state index contributed by atoms with van der Waals surface area (Å²) in [6.07, 6.45) is 23.5. The van der Waals surface area contributed by atoms with Gasteiger partial charge in [0.05, 0.1) is 0 Å². The van der Waals surface area contributed by atoms with Crippen molar-refractivity contribution in [1.29, 1.82) is 0 Å². The molecule has 4 atom stereocenters. The van der Waals surface area contributed by atoms with Crippen molar-refractivity contribution in [3.05, 3.63) is 60.4 Å². The zero-order valence-electron chi connectivity index (χ0n) is 14.0. The Morgan fingerprint density at radius 1 is 0.783 bits per heavy atom. The van der Waals surface area contributed by atoms with Crippen LogP contribution in [0, 0.1) is 36.5 Å². The fourth-order valence-electron chi connectivity index (χ4n) is 3.93. The summed E-state index contributed by atoms with van der Waals surface area (Å²) in [5.41, 5.74) is 3.16. The number of halogens is 2. The van der Waals surface area contributed by atoms with Crippen LogP contribution in [-0.4, -0.2) is 0 Å². The molecule has 0 spiro atoms. The van der Waals surface area contributed by atoms with Gasteiger partial charge in [0, 0.05) is 0 Å². The molecular weight excluding hydrogens is 491 g/mol. The zero-order chi connectivity index (χ0) is 13.9. The number of fused-ring (bicyclic) bond motifs is 2. The molecule has 0 radical (unpaired) electrons. The summed E-state index contributed by atoms with van der Waals surface area (Å²) in [4.78, 5) is 0. The van der Waals surface area contributed by atoms with E-state index in [9.17, 15) is 0 Å². The second-order valence-electron chi connectivity index (χ2n) is 6.81. The minimum Gasteiger partial charge on any atom is -1.00 e. The fourth-order valence-corrected chi connectivity index (χ4v) is 3.93. The summed E-state index contributed by atoms with van der Waals surface area (Å²) in [5, 5.41) is 0. The van der Waals surface area contributed by atoms with Gasteiger partial charge in [-0.25, -0.2) is 36.1 Å².